The van der Waals surface area contributed by atoms with Crippen molar-refractivity contribution in [3.63, 3.8) is 0 Å². The molecule has 0 bridgehead atoms. The SMILES string of the molecule is O=C(O)Cc1ccc(OS(=O)O)cc1. The molecule has 2 N–H and O–H groups in total. The zero-order chi connectivity index (χ0) is 10.6. The molecule has 1 aromatic carbocycles. The van der Waals surface area contributed by atoms with Gasteiger partial charge in [-0.3, -0.25) is 9.35 Å². The third-order valence-electron chi connectivity index (χ3n) is 1.45. The zero-order valence-corrected chi connectivity index (χ0v) is 7.86. The van der Waals surface area contributed by atoms with Crippen LogP contribution >= 0.6 is 0 Å². The predicted molar refractivity (Wildman–Crippen MR) is 49.2 cm³/mol. The van der Waals surface area contributed by atoms with Gasteiger partial charge in [-0.1, -0.05) is 12.1 Å². The summed E-state index contributed by atoms with van der Waals surface area (Å²) in [6.45, 7) is 0. The molecule has 0 radical (unpaired) electrons. The fourth-order valence-electron chi connectivity index (χ4n) is 0.920. The topological polar surface area (TPSA) is 83.8 Å². The Morgan fingerprint density at radius 2 is 1.93 bits per heavy atom. The molecule has 1 aromatic rings. The summed E-state index contributed by atoms with van der Waals surface area (Å²) in [5.74, 6) is -0.704. The lowest BCUT2D eigenvalue weighted by molar-refractivity contribution is -0.136. The van der Waals surface area contributed by atoms with Crippen LogP contribution in [-0.4, -0.2) is 19.8 Å². The smallest absolute Gasteiger partial charge is 0.357 e. The Kier molecular flexibility index (Phi) is 3.61. The molecule has 0 aliphatic heterocycles. The van der Waals surface area contributed by atoms with E-state index in [2.05, 4.69) is 4.18 Å². The molecule has 5 nitrogen and oxygen atoms in total. The van der Waals surface area contributed by atoms with Crippen LogP contribution in [0.3, 0.4) is 0 Å². The van der Waals surface area contributed by atoms with Gasteiger partial charge in [-0.15, -0.1) is 0 Å². The molecule has 1 unspecified atom stereocenters. The van der Waals surface area contributed by atoms with Gasteiger partial charge in [-0.25, -0.2) is 0 Å². The Hall–Kier alpha value is -1.40. The number of carboxylic acid groups (broad SMARTS) is 1. The standard InChI is InChI=1S/C8H8O5S/c9-8(10)5-6-1-3-7(4-2-6)13-14(11)12/h1-4H,5H2,(H,9,10)(H,11,12). The molecule has 6 heteroatoms. The fourth-order valence-corrected chi connectivity index (χ4v) is 1.20. The third-order valence-corrected chi connectivity index (χ3v) is 1.78. The second-order valence-electron chi connectivity index (χ2n) is 2.51. The van der Waals surface area contributed by atoms with Crippen molar-refractivity contribution >= 4 is 17.3 Å². The lowest BCUT2D eigenvalue weighted by Crippen LogP contribution is -2.00. The number of hydrogen-bond donors (Lipinski definition) is 2. The first-order valence-electron chi connectivity index (χ1n) is 3.68. The summed E-state index contributed by atoms with van der Waals surface area (Å²) in [7, 11) is 0. The lowest BCUT2D eigenvalue weighted by atomic mass is 10.1. The molecule has 0 amide bonds. The molecule has 0 saturated heterocycles. The number of carbonyl (C=O) groups is 1. The molecule has 0 spiro atoms. The minimum absolute atomic E-state index is 0.0809. The van der Waals surface area contributed by atoms with E-state index in [4.69, 9.17) is 9.66 Å². The van der Waals surface area contributed by atoms with E-state index in [9.17, 15) is 9.00 Å². The van der Waals surface area contributed by atoms with Crippen LogP contribution in [0.25, 0.3) is 0 Å². The zero-order valence-electron chi connectivity index (χ0n) is 7.04. The van der Waals surface area contributed by atoms with Crippen molar-refractivity contribution in [2.75, 3.05) is 0 Å². The van der Waals surface area contributed by atoms with Crippen LogP contribution in [-0.2, 0) is 22.6 Å². The molecule has 0 aliphatic carbocycles. The van der Waals surface area contributed by atoms with E-state index in [0.29, 0.717) is 5.56 Å². The highest BCUT2D eigenvalue weighted by atomic mass is 32.2. The molecule has 0 aliphatic rings. The van der Waals surface area contributed by atoms with Crippen molar-refractivity contribution in [3.8, 4) is 5.75 Å². The number of aliphatic carboxylic acids is 1. The van der Waals surface area contributed by atoms with E-state index in [0.717, 1.165) is 0 Å². The Morgan fingerprint density at radius 3 is 2.36 bits per heavy atom. The highest BCUT2D eigenvalue weighted by molar-refractivity contribution is 7.74. The maximum Gasteiger partial charge on any atom is 0.357 e. The molecule has 14 heavy (non-hydrogen) atoms. The number of rotatable bonds is 4. The van der Waals surface area contributed by atoms with Crippen LogP contribution in [0.5, 0.6) is 5.75 Å². The van der Waals surface area contributed by atoms with Gasteiger partial charge in [-0.2, -0.15) is 4.21 Å². The van der Waals surface area contributed by atoms with Crippen molar-refractivity contribution in [1.29, 1.82) is 0 Å². The molecule has 0 aromatic heterocycles. The molecular weight excluding hydrogens is 208 g/mol. The van der Waals surface area contributed by atoms with Gasteiger partial charge in [0.15, 0.2) is 0 Å². The van der Waals surface area contributed by atoms with Gasteiger partial charge in [0, 0.05) is 0 Å². The van der Waals surface area contributed by atoms with Crippen LogP contribution < -0.4 is 4.18 Å². The Balaban J connectivity index is 2.68. The summed E-state index contributed by atoms with van der Waals surface area (Å²) < 4.78 is 23.1. The van der Waals surface area contributed by atoms with Gasteiger partial charge in [-0.05, 0) is 17.7 Å². The van der Waals surface area contributed by atoms with Gasteiger partial charge in [0.2, 0.25) is 0 Å². The predicted octanol–water partition coefficient (Wildman–Crippen LogP) is 0.829. The van der Waals surface area contributed by atoms with E-state index in [-0.39, 0.29) is 12.2 Å². The van der Waals surface area contributed by atoms with Gasteiger partial charge < -0.3 is 9.29 Å². The van der Waals surface area contributed by atoms with Crippen molar-refractivity contribution in [3.05, 3.63) is 29.8 Å². The Bertz CT molecular complexity index is 310. The highest BCUT2D eigenvalue weighted by Crippen LogP contribution is 2.13. The summed E-state index contributed by atoms with van der Waals surface area (Å²) in [6.07, 6.45) is -0.0809. The van der Waals surface area contributed by atoms with Crippen LogP contribution in [0.4, 0.5) is 0 Å². The summed E-state index contributed by atoms with van der Waals surface area (Å²) >= 11 is -2.35. The summed E-state index contributed by atoms with van der Waals surface area (Å²) in [5.41, 5.74) is 0.605. The second kappa shape index (κ2) is 4.73. The second-order valence-corrected chi connectivity index (χ2v) is 3.12. The van der Waals surface area contributed by atoms with Crippen LogP contribution in [0.15, 0.2) is 24.3 Å². The van der Waals surface area contributed by atoms with Crippen molar-refractivity contribution in [2.24, 2.45) is 0 Å². The summed E-state index contributed by atoms with van der Waals surface area (Å²) in [4.78, 5) is 10.3. The Labute approximate surface area is 82.8 Å². The summed E-state index contributed by atoms with van der Waals surface area (Å²) in [6, 6.07) is 5.92. The monoisotopic (exact) mass is 216 g/mol. The van der Waals surface area contributed by atoms with Crippen molar-refractivity contribution < 1.29 is 22.8 Å². The van der Waals surface area contributed by atoms with E-state index in [1.165, 1.54) is 24.3 Å². The quantitative estimate of drug-likeness (QED) is 0.728. The molecule has 0 heterocycles. The van der Waals surface area contributed by atoms with Gasteiger partial charge in [0.1, 0.15) is 5.75 Å². The molecule has 0 saturated carbocycles. The highest BCUT2D eigenvalue weighted by Gasteiger charge is 2.01. The lowest BCUT2D eigenvalue weighted by Gasteiger charge is -2.00. The fraction of sp³-hybridized carbons (Fsp3) is 0.125. The maximum atomic E-state index is 10.3. The molecular formula is C8H8O5S. The van der Waals surface area contributed by atoms with Crippen LogP contribution in [0.1, 0.15) is 5.56 Å². The maximum absolute atomic E-state index is 10.3. The molecule has 0 fully saturated rings. The minimum atomic E-state index is -2.35. The van der Waals surface area contributed by atoms with Crippen molar-refractivity contribution in [2.45, 2.75) is 6.42 Å². The number of hydrogen-bond acceptors (Lipinski definition) is 3. The molecule has 1 rings (SSSR count). The van der Waals surface area contributed by atoms with Gasteiger partial charge in [0.05, 0.1) is 6.42 Å². The number of benzene rings is 1. The average Bonchev–Trinajstić information content (AvgIpc) is 2.06. The summed E-state index contributed by atoms with van der Waals surface area (Å²) in [5, 5.41) is 8.46. The van der Waals surface area contributed by atoms with Crippen LogP contribution in [0, 0.1) is 0 Å². The molecule has 1 atom stereocenters. The van der Waals surface area contributed by atoms with E-state index in [1.807, 2.05) is 0 Å². The van der Waals surface area contributed by atoms with E-state index < -0.39 is 17.3 Å². The average molecular weight is 216 g/mol. The first kappa shape index (κ1) is 10.7. The number of carboxylic acids is 1. The Morgan fingerprint density at radius 1 is 1.36 bits per heavy atom. The third kappa shape index (κ3) is 3.55. The first-order chi connectivity index (χ1) is 6.58. The largest absolute Gasteiger partial charge is 0.481 e. The van der Waals surface area contributed by atoms with E-state index in [1.54, 1.807) is 0 Å². The normalized spacial score (nSPS) is 12.1. The van der Waals surface area contributed by atoms with Gasteiger partial charge in [0.25, 0.3) is 0 Å². The van der Waals surface area contributed by atoms with E-state index >= 15 is 0 Å². The molecule has 76 valence electrons. The van der Waals surface area contributed by atoms with Crippen molar-refractivity contribution in [1.82, 2.24) is 0 Å². The minimum Gasteiger partial charge on any atom is -0.481 e. The van der Waals surface area contributed by atoms with Crippen LogP contribution in [0.2, 0.25) is 0 Å². The van der Waals surface area contributed by atoms with Gasteiger partial charge >= 0.3 is 17.3 Å². The first-order valence-corrected chi connectivity index (χ1v) is 4.71.